The van der Waals surface area contributed by atoms with E-state index in [0.717, 1.165) is 23.3 Å². The molecule has 4 aromatic carbocycles. The van der Waals surface area contributed by atoms with Gasteiger partial charge in [0.2, 0.25) is 0 Å². The van der Waals surface area contributed by atoms with E-state index in [9.17, 15) is 23.1 Å². The molecule has 4 nitrogen and oxygen atoms in total. The van der Waals surface area contributed by atoms with Crippen LogP contribution in [0.2, 0.25) is 0 Å². The highest BCUT2D eigenvalue weighted by molar-refractivity contribution is 5.75. The zero-order valence-electron chi connectivity index (χ0n) is 19.9. The number of benzene rings is 4. The van der Waals surface area contributed by atoms with Crippen molar-refractivity contribution in [1.29, 1.82) is 0 Å². The highest BCUT2D eigenvalue weighted by atomic mass is 19.4. The minimum atomic E-state index is -4.43. The number of rotatable bonds is 10. The molecule has 0 aliphatic rings. The van der Waals surface area contributed by atoms with Crippen LogP contribution >= 0.6 is 0 Å². The minimum absolute atomic E-state index is 0.149. The Morgan fingerprint density at radius 3 is 1.76 bits per heavy atom. The molecule has 0 radical (unpaired) electrons. The lowest BCUT2D eigenvalue weighted by Crippen LogP contribution is -2.33. The highest BCUT2D eigenvalue weighted by Gasteiger charge is 2.31. The van der Waals surface area contributed by atoms with Gasteiger partial charge >= 0.3 is 12.1 Å². The number of nitrogens with zero attached hydrogens (tertiary/aromatic N) is 1. The average molecular weight is 506 g/mol. The van der Waals surface area contributed by atoms with Gasteiger partial charge in [-0.25, -0.2) is 0 Å². The van der Waals surface area contributed by atoms with Crippen LogP contribution in [0.5, 0.6) is 5.75 Å². The number of carbonyl (C=O) groups is 1. The molecule has 7 heteroatoms. The Hall–Kier alpha value is -4.10. The molecule has 0 unspecified atom stereocenters. The molecule has 4 aromatic rings. The van der Waals surface area contributed by atoms with Gasteiger partial charge in [0.25, 0.3) is 0 Å². The van der Waals surface area contributed by atoms with Gasteiger partial charge in [-0.1, -0.05) is 84.9 Å². The Bertz CT molecular complexity index is 1280. The summed E-state index contributed by atoms with van der Waals surface area (Å²) in [6.45, 7) is 0.845. The van der Waals surface area contributed by atoms with Crippen LogP contribution in [-0.2, 0) is 30.7 Å². The lowest BCUT2D eigenvalue weighted by atomic mass is 10.0. The second-order valence-corrected chi connectivity index (χ2v) is 8.67. The molecule has 0 saturated heterocycles. The number of hydrogen-bond donors (Lipinski definition) is 1. The summed E-state index contributed by atoms with van der Waals surface area (Å²) in [7, 11) is 0. The van der Waals surface area contributed by atoms with E-state index in [1.165, 1.54) is 12.1 Å². The van der Waals surface area contributed by atoms with Crippen molar-refractivity contribution >= 4 is 5.97 Å². The SMILES string of the molecule is O=C(O)[C@@H](c1ccccc1)N(Cc1ccc(OCc2ccccc2)cc1)Cc1ccc(C(F)(F)F)cc1. The van der Waals surface area contributed by atoms with Crippen molar-refractivity contribution in [2.45, 2.75) is 31.9 Å². The van der Waals surface area contributed by atoms with Gasteiger partial charge in [-0.05, 0) is 46.5 Å². The summed E-state index contributed by atoms with van der Waals surface area (Å²) in [5.74, 6) is -0.360. The Labute approximate surface area is 213 Å². The molecule has 0 saturated carbocycles. The quantitative estimate of drug-likeness (QED) is 0.250. The highest BCUT2D eigenvalue weighted by Crippen LogP contribution is 2.31. The third-order valence-corrected chi connectivity index (χ3v) is 5.94. The first-order valence-electron chi connectivity index (χ1n) is 11.7. The maximum absolute atomic E-state index is 13.0. The Balaban J connectivity index is 1.55. The van der Waals surface area contributed by atoms with Gasteiger partial charge in [0.15, 0.2) is 0 Å². The second-order valence-electron chi connectivity index (χ2n) is 8.67. The first-order valence-corrected chi connectivity index (χ1v) is 11.7. The largest absolute Gasteiger partial charge is 0.489 e. The van der Waals surface area contributed by atoms with Crippen LogP contribution in [0, 0.1) is 0 Å². The number of carboxylic acids is 1. The van der Waals surface area contributed by atoms with E-state index >= 15 is 0 Å². The Kier molecular flexibility index (Phi) is 8.25. The summed E-state index contributed by atoms with van der Waals surface area (Å²) >= 11 is 0. The Morgan fingerprint density at radius 2 is 1.24 bits per heavy atom. The number of halogens is 3. The third kappa shape index (κ3) is 7.21. The maximum atomic E-state index is 13.0. The fourth-order valence-electron chi connectivity index (χ4n) is 4.08. The molecular formula is C30H26F3NO3. The van der Waals surface area contributed by atoms with Crippen LogP contribution in [0.15, 0.2) is 109 Å². The van der Waals surface area contributed by atoms with Gasteiger partial charge in [0.05, 0.1) is 5.56 Å². The molecule has 1 N–H and O–H groups in total. The molecule has 0 aliphatic heterocycles. The Morgan fingerprint density at radius 1 is 0.730 bits per heavy atom. The van der Waals surface area contributed by atoms with E-state index in [4.69, 9.17) is 4.74 Å². The van der Waals surface area contributed by atoms with Crippen molar-refractivity contribution in [2.24, 2.45) is 0 Å². The van der Waals surface area contributed by atoms with E-state index in [0.29, 0.717) is 23.5 Å². The van der Waals surface area contributed by atoms with Crippen LogP contribution < -0.4 is 4.74 Å². The van der Waals surface area contributed by atoms with E-state index in [1.807, 2.05) is 54.6 Å². The zero-order valence-corrected chi connectivity index (χ0v) is 19.9. The standard InChI is InChI=1S/C30H26F3NO3/c31-30(32,33)26-15-11-22(12-16-26)19-34(28(29(35)36)25-9-5-2-6-10-25)20-23-13-17-27(18-14-23)37-21-24-7-3-1-4-8-24/h1-18,28H,19-21H2,(H,35,36)/t28-/m1/s1. The molecule has 1 atom stereocenters. The summed E-state index contributed by atoms with van der Waals surface area (Å²) < 4.78 is 44.9. The summed E-state index contributed by atoms with van der Waals surface area (Å²) in [4.78, 5) is 14.1. The van der Waals surface area contributed by atoms with E-state index in [2.05, 4.69) is 0 Å². The fourth-order valence-corrected chi connectivity index (χ4v) is 4.08. The molecule has 190 valence electrons. The summed E-state index contributed by atoms with van der Waals surface area (Å²) in [5, 5.41) is 10.1. The molecule has 0 spiro atoms. The molecule has 0 bridgehead atoms. The van der Waals surface area contributed by atoms with Gasteiger partial charge in [0.1, 0.15) is 18.4 Å². The topological polar surface area (TPSA) is 49.8 Å². The second kappa shape index (κ2) is 11.8. The molecule has 0 fully saturated rings. The molecule has 0 amide bonds. The van der Waals surface area contributed by atoms with Gasteiger partial charge in [-0.15, -0.1) is 0 Å². The van der Waals surface area contributed by atoms with Crippen molar-refractivity contribution in [2.75, 3.05) is 0 Å². The normalized spacial score (nSPS) is 12.3. The van der Waals surface area contributed by atoms with Crippen molar-refractivity contribution < 1.29 is 27.8 Å². The molecule has 4 rings (SSSR count). The smallest absolute Gasteiger partial charge is 0.416 e. The lowest BCUT2D eigenvalue weighted by Gasteiger charge is -2.29. The van der Waals surface area contributed by atoms with Gasteiger partial charge in [0, 0.05) is 13.1 Å². The van der Waals surface area contributed by atoms with Gasteiger partial charge < -0.3 is 9.84 Å². The molecular weight excluding hydrogens is 479 g/mol. The van der Waals surface area contributed by atoms with Crippen molar-refractivity contribution in [1.82, 2.24) is 4.90 Å². The van der Waals surface area contributed by atoms with E-state index in [1.54, 1.807) is 35.2 Å². The van der Waals surface area contributed by atoms with Crippen molar-refractivity contribution in [3.05, 3.63) is 137 Å². The number of ether oxygens (including phenoxy) is 1. The van der Waals surface area contributed by atoms with E-state index in [-0.39, 0.29) is 13.1 Å². The third-order valence-electron chi connectivity index (χ3n) is 5.94. The minimum Gasteiger partial charge on any atom is -0.489 e. The predicted octanol–water partition coefficient (Wildman–Crippen LogP) is 7.11. The van der Waals surface area contributed by atoms with E-state index < -0.39 is 23.8 Å². The number of hydrogen-bond acceptors (Lipinski definition) is 3. The predicted molar refractivity (Wildman–Crippen MR) is 135 cm³/mol. The summed E-state index contributed by atoms with van der Waals surface area (Å²) in [6, 6.07) is 29.8. The monoisotopic (exact) mass is 505 g/mol. The molecule has 37 heavy (non-hydrogen) atoms. The van der Waals surface area contributed by atoms with Crippen LogP contribution in [0.3, 0.4) is 0 Å². The van der Waals surface area contributed by atoms with Gasteiger partial charge in [-0.2, -0.15) is 13.2 Å². The lowest BCUT2D eigenvalue weighted by molar-refractivity contribution is -0.144. The van der Waals surface area contributed by atoms with Gasteiger partial charge in [-0.3, -0.25) is 9.69 Å². The van der Waals surface area contributed by atoms with Crippen LogP contribution in [-0.4, -0.2) is 16.0 Å². The molecule has 0 heterocycles. The first-order chi connectivity index (χ1) is 17.8. The van der Waals surface area contributed by atoms with Crippen LogP contribution in [0.1, 0.15) is 33.9 Å². The number of aliphatic carboxylic acids is 1. The molecule has 0 aliphatic carbocycles. The summed E-state index contributed by atoms with van der Waals surface area (Å²) in [6.07, 6.45) is -4.43. The maximum Gasteiger partial charge on any atom is 0.416 e. The average Bonchev–Trinajstić information content (AvgIpc) is 2.89. The van der Waals surface area contributed by atoms with Crippen LogP contribution in [0.25, 0.3) is 0 Å². The fraction of sp³-hybridized carbons (Fsp3) is 0.167. The van der Waals surface area contributed by atoms with Crippen molar-refractivity contribution in [3.8, 4) is 5.75 Å². The summed E-state index contributed by atoms with van der Waals surface area (Å²) in [5.41, 5.74) is 2.32. The molecule has 0 aromatic heterocycles. The number of carboxylic acid groups (broad SMARTS) is 1. The van der Waals surface area contributed by atoms with Crippen LogP contribution in [0.4, 0.5) is 13.2 Å². The first kappa shape index (κ1) is 26.0. The van der Waals surface area contributed by atoms with Crippen molar-refractivity contribution in [3.63, 3.8) is 0 Å². The number of alkyl halides is 3. The zero-order chi connectivity index (χ0) is 26.3.